The van der Waals surface area contributed by atoms with Crippen LogP contribution in [0.25, 0.3) is 12.2 Å². The SMILES string of the molecule is CCN(CC)CCOc1ccc(C=CC(=O)C=Cc2ccc(O)c(C)c2)cc1C. The molecule has 0 aliphatic heterocycles. The molecule has 29 heavy (non-hydrogen) atoms. The van der Waals surface area contributed by atoms with Crippen molar-refractivity contribution in [3.8, 4) is 11.5 Å². The van der Waals surface area contributed by atoms with Gasteiger partial charge in [0.2, 0.25) is 0 Å². The fourth-order valence-electron chi connectivity index (χ4n) is 2.96. The zero-order valence-corrected chi connectivity index (χ0v) is 17.8. The normalized spacial score (nSPS) is 11.6. The maximum Gasteiger partial charge on any atom is 0.178 e. The number of hydrogen-bond acceptors (Lipinski definition) is 4. The average molecular weight is 394 g/mol. The monoisotopic (exact) mass is 393 g/mol. The van der Waals surface area contributed by atoms with Crippen LogP contribution in [0.15, 0.2) is 48.6 Å². The Hall–Kier alpha value is -2.85. The number of phenols is 1. The second-order valence-electron chi connectivity index (χ2n) is 7.02. The van der Waals surface area contributed by atoms with E-state index in [1.54, 1.807) is 30.4 Å². The molecule has 0 atom stereocenters. The van der Waals surface area contributed by atoms with E-state index < -0.39 is 0 Å². The van der Waals surface area contributed by atoms with Crippen LogP contribution in [0.3, 0.4) is 0 Å². The van der Waals surface area contributed by atoms with E-state index in [2.05, 4.69) is 18.7 Å². The fraction of sp³-hybridized carbons (Fsp3) is 0.320. The highest BCUT2D eigenvalue weighted by Crippen LogP contribution is 2.20. The van der Waals surface area contributed by atoms with Gasteiger partial charge in [-0.05, 0) is 85.6 Å². The highest BCUT2D eigenvalue weighted by Gasteiger charge is 2.03. The summed E-state index contributed by atoms with van der Waals surface area (Å²) in [5, 5.41) is 9.55. The number of ketones is 1. The van der Waals surface area contributed by atoms with Crippen LogP contribution in [0.4, 0.5) is 0 Å². The van der Waals surface area contributed by atoms with Gasteiger partial charge in [0.25, 0.3) is 0 Å². The Balaban J connectivity index is 1.92. The molecule has 4 nitrogen and oxygen atoms in total. The summed E-state index contributed by atoms with van der Waals surface area (Å²) in [5.41, 5.74) is 3.67. The molecule has 1 N–H and O–H groups in total. The largest absolute Gasteiger partial charge is 0.508 e. The first-order valence-corrected chi connectivity index (χ1v) is 10.1. The van der Waals surface area contributed by atoms with Crippen molar-refractivity contribution in [3.63, 3.8) is 0 Å². The summed E-state index contributed by atoms with van der Waals surface area (Å²) in [5.74, 6) is 1.04. The number of aromatic hydroxyl groups is 1. The molecule has 0 bridgehead atoms. The van der Waals surface area contributed by atoms with Gasteiger partial charge in [-0.15, -0.1) is 0 Å². The Morgan fingerprint density at radius 3 is 2.10 bits per heavy atom. The lowest BCUT2D eigenvalue weighted by Gasteiger charge is -2.18. The standard InChI is InChI=1S/C25H31NO3/c1-5-26(6-2)15-16-29-25-14-10-22(18-20(25)4)8-12-23(27)11-7-21-9-13-24(28)19(3)17-21/h7-14,17-18,28H,5-6,15-16H2,1-4H3. The topological polar surface area (TPSA) is 49.8 Å². The van der Waals surface area contributed by atoms with Gasteiger partial charge in [0, 0.05) is 6.54 Å². The van der Waals surface area contributed by atoms with Gasteiger partial charge in [0.1, 0.15) is 18.1 Å². The Kier molecular flexibility index (Phi) is 8.68. The Morgan fingerprint density at radius 1 is 0.966 bits per heavy atom. The molecule has 0 unspecified atom stereocenters. The first-order valence-electron chi connectivity index (χ1n) is 10.1. The highest BCUT2D eigenvalue weighted by atomic mass is 16.5. The van der Waals surface area contributed by atoms with E-state index in [0.29, 0.717) is 6.61 Å². The Labute approximate surface area is 174 Å². The smallest absolute Gasteiger partial charge is 0.178 e. The van der Waals surface area contributed by atoms with Gasteiger partial charge in [-0.3, -0.25) is 4.79 Å². The molecule has 0 aliphatic rings. The first-order chi connectivity index (χ1) is 13.9. The molecule has 154 valence electrons. The van der Waals surface area contributed by atoms with Gasteiger partial charge in [-0.25, -0.2) is 0 Å². The van der Waals surface area contributed by atoms with E-state index in [1.165, 1.54) is 6.08 Å². The molecule has 0 spiro atoms. The molecule has 4 heteroatoms. The number of allylic oxidation sites excluding steroid dienone is 2. The van der Waals surface area contributed by atoms with Crippen molar-refractivity contribution < 1.29 is 14.6 Å². The van der Waals surface area contributed by atoms with Gasteiger partial charge in [0.05, 0.1) is 0 Å². The lowest BCUT2D eigenvalue weighted by atomic mass is 10.1. The highest BCUT2D eigenvalue weighted by molar-refractivity contribution is 6.04. The molecule has 2 aromatic rings. The molecule has 0 saturated carbocycles. The third kappa shape index (κ3) is 7.24. The van der Waals surface area contributed by atoms with Crippen molar-refractivity contribution in [2.24, 2.45) is 0 Å². The molecular weight excluding hydrogens is 362 g/mol. The minimum absolute atomic E-state index is 0.0899. The number of carbonyl (C=O) groups excluding carboxylic acids is 1. The zero-order valence-electron chi connectivity index (χ0n) is 17.8. The van der Waals surface area contributed by atoms with Crippen LogP contribution in [0.5, 0.6) is 11.5 Å². The summed E-state index contributed by atoms with van der Waals surface area (Å²) in [6, 6.07) is 11.2. The molecule has 0 amide bonds. The van der Waals surface area contributed by atoms with Gasteiger partial charge in [-0.2, -0.15) is 0 Å². The number of carbonyl (C=O) groups is 1. The average Bonchev–Trinajstić information content (AvgIpc) is 2.71. The number of ether oxygens (including phenoxy) is 1. The number of hydrogen-bond donors (Lipinski definition) is 1. The first kappa shape index (κ1) is 22.4. The third-order valence-corrected chi connectivity index (χ3v) is 4.86. The maximum atomic E-state index is 12.1. The number of rotatable bonds is 10. The number of likely N-dealkylation sites (N-methyl/N-ethyl adjacent to an activating group) is 1. The summed E-state index contributed by atoms with van der Waals surface area (Å²) in [6.45, 7) is 11.8. The Morgan fingerprint density at radius 2 is 1.55 bits per heavy atom. The van der Waals surface area contributed by atoms with E-state index in [1.807, 2.05) is 38.1 Å². The summed E-state index contributed by atoms with van der Waals surface area (Å²) in [4.78, 5) is 14.4. The van der Waals surface area contributed by atoms with Crippen LogP contribution >= 0.6 is 0 Å². The van der Waals surface area contributed by atoms with Crippen LogP contribution < -0.4 is 4.74 Å². The van der Waals surface area contributed by atoms with E-state index in [0.717, 1.165) is 47.6 Å². The zero-order chi connectivity index (χ0) is 21.2. The molecule has 0 aromatic heterocycles. The molecule has 2 rings (SSSR count). The quantitative estimate of drug-likeness (QED) is 0.576. The van der Waals surface area contributed by atoms with Crippen molar-refractivity contribution in [1.82, 2.24) is 4.90 Å². The van der Waals surface area contributed by atoms with Gasteiger partial charge >= 0.3 is 0 Å². The van der Waals surface area contributed by atoms with E-state index in [4.69, 9.17) is 4.74 Å². The predicted octanol–water partition coefficient (Wildman–Crippen LogP) is 5.03. The maximum absolute atomic E-state index is 12.1. The van der Waals surface area contributed by atoms with Crippen molar-refractivity contribution in [1.29, 1.82) is 0 Å². The van der Waals surface area contributed by atoms with E-state index in [9.17, 15) is 9.90 Å². The number of aryl methyl sites for hydroxylation is 2. The van der Waals surface area contributed by atoms with Crippen LogP contribution in [0.2, 0.25) is 0 Å². The summed E-state index contributed by atoms with van der Waals surface area (Å²) in [7, 11) is 0. The molecular formula is C25H31NO3. The number of nitrogens with zero attached hydrogens (tertiary/aromatic N) is 1. The van der Waals surface area contributed by atoms with E-state index >= 15 is 0 Å². The van der Waals surface area contributed by atoms with Crippen LogP contribution in [-0.2, 0) is 4.79 Å². The van der Waals surface area contributed by atoms with Crippen LogP contribution in [-0.4, -0.2) is 42.0 Å². The van der Waals surface area contributed by atoms with Gasteiger partial charge in [0.15, 0.2) is 5.78 Å². The molecule has 0 aliphatic carbocycles. The minimum Gasteiger partial charge on any atom is -0.508 e. The summed E-state index contributed by atoms with van der Waals surface area (Å²) >= 11 is 0. The Bertz CT molecular complexity index is 880. The molecule has 0 heterocycles. The lowest BCUT2D eigenvalue weighted by Crippen LogP contribution is -2.28. The third-order valence-electron chi connectivity index (χ3n) is 4.86. The van der Waals surface area contributed by atoms with Crippen LogP contribution in [0.1, 0.15) is 36.1 Å². The van der Waals surface area contributed by atoms with Crippen molar-refractivity contribution in [2.45, 2.75) is 27.7 Å². The molecule has 0 fully saturated rings. The molecule has 0 radical (unpaired) electrons. The van der Waals surface area contributed by atoms with Crippen molar-refractivity contribution in [3.05, 3.63) is 70.8 Å². The summed E-state index contributed by atoms with van der Waals surface area (Å²) in [6.07, 6.45) is 6.64. The summed E-state index contributed by atoms with van der Waals surface area (Å²) < 4.78 is 5.90. The van der Waals surface area contributed by atoms with E-state index in [-0.39, 0.29) is 11.5 Å². The minimum atomic E-state index is -0.0899. The fourth-order valence-corrected chi connectivity index (χ4v) is 2.96. The second kappa shape index (κ2) is 11.2. The number of phenolic OH excluding ortho intramolecular Hbond substituents is 1. The van der Waals surface area contributed by atoms with Crippen molar-refractivity contribution in [2.75, 3.05) is 26.2 Å². The molecule has 2 aromatic carbocycles. The van der Waals surface area contributed by atoms with Gasteiger partial charge in [-0.1, -0.05) is 38.1 Å². The predicted molar refractivity (Wildman–Crippen MR) is 120 cm³/mol. The lowest BCUT2D eigenvalue weighted by molar-refractivity contribution is -0.110. The van der Waals surface area contributed by atoms with Crippen molar-refractivity contribution >= 4 is 17.9 Å². The second-order valence-corrected chi connectivity index (χ2v) is 7.02. The number of benzene rings is 2. The molecule has 0 saturated heterocycles. The van der Waals surface area contributed by atoms with Gasteiger partial charge < -0.3 is 14.7 Å². The van der Waals surface area contributed by atoms with Crippen LogP contribution in [0, 0.1) is 13.8 Å².